The van der Waals surface area contributed by atoms with Crippen LogP contribution in [0.1, 0.15) is 24.0 Å². The van der Waals surface area contributed by atoms with Gasteiger partial charge in [0, 0.05) is 28.0 Å². The molecule has 0 bridgehead atoms. The lowest BCUT2D eigenvalue weighted by Crippen LogP contribution is -2.14. The van der Waals surface area contributed by atoms with E-state index in [1.165, 1.54) is 0 Å². The van der Waals surface area contributed by atoms with Crippen LogP contribution in [-0.2, 0) is 6.42 Å². The number of hydrogen-bond acceptors (Lipinski definition) is 3. The van der Waals surface area contributed by atoms with E-state index in [2.05, 4.69) is 4.98 Å². The Morgan fingerprint density at radius 3 is 2.83 bits per heavy atom. The van der Waals surface area contributed by atoms with Crippen LogP contribution in [0.4, 0.5) is 0 Å². The third-order valence-corrected chi connectivity index (χ3v) is 4.44. The molecule has 5 heteroatoms. The first-order chi connectivity index (χ1) is 11.6. The molecule has 1 atom stereocenters. The molecule has 4 nitrogen and oxygen atoms in total. The lowest BCUT2D eigenvalue weighted by molar-refractivity contribution is 0.317. The molecule has 24 heavy (non-hydrogen) atoms. The minimum atomic E-state index is 0.149. The number of nitrogens with one attached hydrogen (secondary N) is 1. The van der Waals surface area contributed by atoms with E-state index in [-0.39, 0.29) is 11.7 Å². The Labute approximate surface area is 146 Å². The third kappa shape index (κ3) is 3.35. The molecule has 3 aromatic rings. The van der Waals surface area contributed by atoms with E-state index in [0.717, 1.165) is 28.5 Å². The lowest BCUT2D eigenvalue weighted by Gasteiger charge is -2.16. The minimum Gasteiger partial charge on any atom is -0.504 e. The number of hydrogen-bond donors (Lipinski definition) is 3. The maximum absolute atomic E-state index is 9.84. The smallest absolute Gasteiger partial charge is 0.161 e. The Hall–Kier alpha value is -2.17. The first kappa shape index (κ1) is 16.7. The summed E-state index contributed by atoms with van der Waals surface area (Å²) in [5.74, 6) is 0.813. The Morgan fingerprint density at radius 1 is 1.25 bits per heavy atom. The highest BCUT2D eigenvalue weighted by Crippen LogP contribution is 2.32. The number of aromatic nitrogens is 1. The first-order valence-corrected chi connectivity index (χ1v) is 8.41. The fourth-order valence-corrected chi connectivity index (χ4v) is 3.19. The minimum absolute atomic E-state index is 0.149. The highest BCUT2D eigenvalue weighted by Gasteiger charge is 2.16. The number of aromatic amines is 1. The molecule has 0 aliphatic carbocycles. The average Bonchev–Trinajstić information content (AvgIpc) is 2.98. The van der Waals surface area contributed by atoms with Gasteiger partial charge in [0.1, 0.15) is 0 Å². The second kappa shape index (κ2) is 7.16. The van der Waals surface area contributed by atoms with E-state index in [9.17, 15) is 5.11 Å². The Bertz CT molecular complexity index is 844. The quantitative estimate of drug-likeness (QED) is 0.627. The number of phenols is 1. The molecule has 0 amide bonds. The van der Waals surface area contributed by atoms with Crippen molar-refractivity contribution in [2.24, 2.45) is 5.73 Å². The first-order valence-electron chi connectivity index (χ1n) is 8.03. The van der Waals surface area contributed by atoms with Gasteiger partial charge in [-0.3, -0.25) is 0 Å². The van der Waals surface area contributed by atoms with Gasteiger partial charge in [-0.25, -0.2) is 0 Å². The number of ether oxygens (including phenoxy) is 1. The van der Waals surface area contributed by atoms with Crippen LogP contribution in [0.2, 0.25) is 5.02 Å². The highest BCUT2D eigenvalue weighted by molar-refractivity contribution is 6.31. The zero-order valence-electron chi connectivity index (χ0n) is 13.6. The SMILES string of the molecule is CCOc1cc(CC(CN)c2c[nH]c3ccc(Cl)cc23)ccc1O. The van der Waals surface area contributed by atoms with Crippen molar-refractivity contribution in [3.63, 3.8) is 0 Å². The van der Waals surface area contributed by atoms with Gasteiger partial charge in [0.2, 0.25) is 0 Å². The number of rotatable bonds is 6. The lowest BCUT2D eigenvalue weighted by atomic mass is 9.91. The predicted octanol–water partition coefficient (Wildman–Crippen LogP) is 4.21. The Balaban J connectivity index is 1.91. The van der Waals surface area contributed by atoms with Gasteiger partial charge in [-0.05, 0) is 61.3 Å². The number of halogens is 1. The van der Waals surface area contributed by atoms with Gasteiger partial charge >= 0.3 is 0 Å². The fourth-order valence-electron chi connectivity index (χ4n) is 3.01. The largest absolute Gasteiger partial charge is 0.504 e. The molecule has 0 fully saturated rings. The van der Waals surface area contributed by atoms with Crippen molar-refractivity contribution < 1.29 is 9.84 Å². The van der Waals surface area contributed by atoms with Crippen molar-refractivity contribution in [1.29, 1.82) is 0 Å². The van der Waals surface area contributed by atoms with Crippen LogP contribution in [0, 0.1) is 0 Å². The van der Waals surface area contributed by atoms with Crippen LogP contribution in [0.3, 0.4) is 0 Å². The molecule has 0 aliphatic heterocycles. The van der Waals surface area contributed by atoms with Crippen molar-refractivity contribution >= 4 is 22.5 Å². The van der Waals surface area contributed by atoms with Gasteiger partial charge < -0.3 is 20.6 Å². The summed E-state index contributed by atoms with van der Waals surface area (Å²) in [6.45, 7) is 2.92. The Morgan fingerprint density at radius 2 is 2.08 bits per heavy atom. The van der Waals surface area contributed by atoms with Crippen molar-refractivity contribution in [3.05, 3.63) is 58.7 Å². The Kier molecular flexibility index (Phi) is 4.97. The molecule has 0 spiro atoms. The monoisotopic (exact) mass is 344 g/mol. The van der Waals surface area contributed by atoms with Crippen LogP contribution < -0.4 is 10.5 Å². The number of phenolic OH excluding ortho intramolecular Hbond substituents is 1. The molecule has 0 radical (unpaired) electrons. The summed E-state index contributed by atoms with van der Waals surface area (Å²) in [7, 11) is 0. The van der Waals surface area contributed by atoms with Gasteiger partial charge in [-0.2, -0.15) is 0 Å². The summed E-state index contributed by atoms with van der Waals surface area (Å²) in [6, 6.07) is 11.3. The van der Waals surface area contributed by atoms with Gasteiger partial charge in [0.25, 0.3) is 0 Å². The fraction of sp³-hybridized carbons (Fsp3) is 0.263. The zero-order chi connectivity index (χ0) is 17.1. The van der Waals surface area contributed by atoms with Gasteiger partial charge in [0.15, 0.2) is 11.5 Å². The molecular weight excluding hydrogens is 324 g/mol. The second-order valence-corrected chi connectivity index (χ2v) is 6.24. The van der Waals surface area contributed by atoms with Crippen molar-refractivity contribution in [2.75, 3.05) is 13.2 Å². The number of benzene rings is 2. The topological polar surface area (TPSA) is 71.3 Å². The average molecular weight is 345 g/mol. The molecule has 4 N–H and O–H groups in total. The van der Waals surface area contributed by atoms with Crippen LogP contribution >= 0.6 is 11.6 Å². The molecule has 1 unspecified atom stereocenters. The molecule has 0 saturated heterocycles. The normalized spacial score (nSPS) is 12.5. The summed E-state index contributed by atoms with van der Waals surface area (Å²) in [6.07, 6.45) is 2.76. The van der Waals surface area contributed by atoms with E-state index in [4.69, 9.17) is 22.1 Å². The number of fused-ring (bicyclic) bond motifs is 1. The summed E-state index contributed by atoms with van der Waals surface area (Å²) < 4.78 is 5.46. The molecular formula is C19H21ClN2O2. The third-order valence-electron chi connectivity index (χ3n) is 4.21. The van der Waals surface area contributed by atoms with Crippen molar-refractivity contribution in [1.82, 2.24) is 4.98 Å². The molecule has 126 valence electrons. The van der Waals surface area contributed by atoms with Crippen LogP contribution in [0.5, 0.6) is 11.5 Å². The molecule has 0 saturated carbocycles. The van der Waals surface area contributed by atoms with E-state index >= 15 is 0 Å². The summed E-state index contributed by atoms with van der Waals surface area (Å²) in [5, 5.41) is 11.7. The molecule has 3 rings (SSSR count). The van der Waals surface area contributed by atoms with Crippen LogP contribution in [-0.4, -0.2) is 23.2 Å². The number of nitrogens with two attached hydrogens (primary N) is 1. The molecule has 1 aromatic heterocycles. The van der Waals surface area contributed by atoms with E-state index in [0.29, 0.717) is 23.9 Å². The van der Waals surface area contributed by atoms with Gasteiger partial charge in [0.05, 0.1) is 6.61 Å². The maximum atomic E-state index is 9.84. The van der Waals surface area contributed by atoms with Gasteiger partial charge in [-0.15, -0.1) is 0 Å². The second-order valence-electron chi connectivity index (χ2n) is 5.81. The standard InChI is InChI=1S/C19H21ClN2O2/c1-2-24-19-8-12(3-6-18(19)23)7-13(10-21)16-11-22-17-5-4-14(20)9-15(16)17/h3-6,8-9,11,13,22-23H,2,7,10,21H2,1H3. The summed E-state index contributed by atoms with van der Waals surface area (Å²) in [5.41, 5.74) is 9.32. The van der Waals surface area contributed by atoms with Gasteiger partial charge in [-0.1, -0.05) is 17.7 Å². The highest BCUT2D eigenvalue weighted by atomic mass is 35.5. The van der Waals surface area contributed by atoms with E-state index in [1.807, 2.05) is 43.5 Å². The van der Waals surface area contributed by atoms with Crippen molar-refractivity contribution in [3.8, 4) is 11.5 Å². The maximum Gasteiger partial charge on any atom is 0.161 e. The molecule has 2 aromatic carbocycles. The van der Waals surface area contributed by atoms with Crippen LogP contribution in [0.25, 0.3) is 10.9 Å². The molecule has 0 aliphatic rings. The van der Waals surface area contributed by atoms with E-state index < -0.39 is 0 Å². The number of aromatic hydroxyl groups is 1. The van der Waals surface area contributed by atoms with Crippen LogP contribution in [0.15, 0.2) is 42.6 Å². The zero-order valence-corrected chi connectivity index (χ0v) is 14.3. The summed E-state index contributed by atoms with van der Waals surface area (Å²) in [4.78, 5) is 3.28. The summed E-state index contributed by atoms with van der Waals surface area (Å²) >= 11 is 6.14. The number of H-pyrrole nitrogens is 1. The predicted molar refractivity (Wildman–Crippen MR) is 98.1 cm³/mol. The molecule has 1 heterocycles. The van der Waals surface area contributed by atoms with E-state index in [1.54, 1.807) is 6.07 Å². The van der Waals surface area contributed by atoms with Crippen molar-refractivity contribution in [2.45, 2.75) is 19.3 Å².